The average molecular weight is 238 g/mol. The van der Waals surface area contributed by atoms with Gasteiger partial charge in [-0.05, 0) is 25.0 Å². The van der Waals surface area contributed by atoms with E-state index >= 15 is 0 Å². The predicted octanol–water partition coefficient (Wildman–Crippen LogP) is 0.935. The Balaban J connectivity index is 2.92. The van der Waals surface area contributed by atoms with Crippen molar-refractivity contribution in [2.24, 2.45) is 5.84 Å². The van der Waals surface area contributed by atoms with Crippen molar-refractivity contribution in [3.8, 4) is 11.5 Å². The minimum atomic E-state index is -0.194. The van der Waals surface area contributed by atoms with E-state index in [1.807, 2.05) is 19.1 Å². The first kappa shape index (κ1) is 13.3. The number of methoxy groups -OCH3 is 2. The molecule has 5 nitrogen and oxygen atoms in total. The minimum Gasteiger partial charge on any atom is -0.496 e. The zero-order valence-corrected chi connectivity index (χ0v) is 10.4. The molecular weight excluding hydrogens is 220 g/mol. The molecule has 94 valence electrons. The Labute approximate surface area is 101 Å². The number of nitrogens with one attached hydrogen (secondary N) is 1. The topological polar surface area (TPSA) is 73.6 Å². The summed E-state index contributed by atoms with van der Waals surface area (Å²) in [5.41, 5.74) is 4.00. The third-order valence-corrected chi connectivity index (χ3v) is 2.64. The molecule has 5 heteroatoms. The highest BCUT2D eigenvalue weighted by Gasteiger charge is 2.12. The second-order valence-electron chi connectivity index (χ2n) is 3.65. The maximum absolute atomic E-state index is 11.1. The van der Waals surface area contributed by atoms with Gasteiger partial charge in [-0.2, -0.15) is 0 Å². The van der Waals surface area contributed by atoms with Crippen LogP contribution in [0.4, 0.5) is 0 Å². The van der Waals surface area contributed by atoms with Crippen molar-refractivity contribution >= 4 is 5.91 Å². The van der Waals surface area contributed by atoms with Gasteiger partial charge in [-0.25, -0.2) is 5.84 Å². The second-order valence-corrected chi connectivity index (χ2v) is 3.65. The van der Waals surface area contributed by atoms with Gasteiger partial charge in [0.15, 0.2) is 0 Å². The quantitative estimate of drug-likeness (QED) is 0.455. The molecule has 1 aromatic carbocycles. The van der Waals surface area contributed by atoms with Crippen LogP contribution in [0.3, 0.4) is 0 Å². The van der Waals surface area contributed by atoms with Gasteiger partial charge in [0.05, 0.1) is 14.2 Å². The third-order valence-electron chi connectivity index (χ3n) is 2.64. The van der Waals surface area contributed by atoms with Gasteiger partial charge in [0.2, 0.25) is 5.91 Å². The molecule has 0 spiro atoms. The largest absolute Gasteiger partial charge is 0.496 e. The molecule has 0 fully saturated rings. The zero-order valence-electron chi connectivity index (χ0n) is 10.4. The number of hydrogen-bond donors (Lipinski definition) is 2. The van der Waals surface area contributed by atoms with E-state index in [1.54, 1.807) is 14.2 Å². The van der Waals surface area contributed by atoms with Gasteiger partial charge in [-0.3, -0.25) is 10.2 Å². The molecular formula is C12H18N2O3. The first-order valence-corrected chi connectivity index (χ1v) is 5.34. The molecule has 0 aliphatic carbocycles. The molecule has 3 N–H and O–H groups in total. The highest BCUT2D eigenvalue weighted by Crippen LogP contribution is 2.31. The first-order valence-electron chi connectivity index (χ1n) is 5.34. The summed E-state index contributed by atoms with van der Waals surface area (Å²) < 4.78 is 10.6. The number of rotatable bonds is 5. The predicted molar refractivity (Wildman–Crippen MR) is 64.9 cm³/mol. The van der Waals surface area contributed by atoms with Crippen molar-refractivity contribution in [3.05, 3.63) is 23.3 Å². The van der Waals surface area contributed by atoms with Crippen LogP contribution in [0, 0.1) is 6.92 Å². The average Bonchev–Trinajstić information content (AvgIpc) is 2.35. The number of hydrazine groups is 1. The Hall–Kier alpha value is -1.75. The van der Waals surface area contributed by atoms with Crippen molar-refractivity contribution in [3.63, 3.8) is 0 Å². The van der Waals surface area contributed by atoms with Gasteiger partial charge < -0.3 is 9.47 Å². The van der Waals surface area contributed by atoms with Crippen LogP contribution < -0.4 is 20.7 Å². The molecule has 0 aliphatic rings. The molecule has 0 atom stereocenters. The van der Waals surface area contributed by atoms with Gasteiger partial charge in [0.1, 0.15) is 11.5 Å². The monoisotopic (exact) mass is 238 g/mol. The summed E-state index contributed by atoms with van der Waals surface area (Å²) in [6.45, 7) is 1.92. The van der Waals surface area contributed by atoms with E-state index in [0.717, 1.165) is 22.6 Å². The van der Waals surface area contributed by atoms with Crippen LogP contribution in [-0.2, 0) is 11.2 Å². The lowest BCUT2D eigenvalue weighted by molar-refractivity contribution is -0.121. The summed E-state index contributed by atoms with van der Waals surface area (Å²) in [6, 6.07) is 3.77. The summed E-state index contributed by atoms with van der Waals surface area (Å²) in [7, 11) is 3.22. The maximum Gasteiger partial charge on any atom is 0.234 e. The molecule has 0 radical (unpaired) electrons. The smallest absolute Gasteiger partial charge is 0.234 e. The molecule has 1 amide bonds. The third kappa shape index (κ3) is 3.10. The Bertz CT molecular complexity index is 405. The summed E-state index contributed by atoms with van der Waals surface area (Å²) in [5, 5.41) is 0. The van der Waals surface area contributed by atoms with E-state index in [-0.39, 0.29) is 5.91 Å². The number of hydrogen-bond acceptors (Lipinski definition) is 4. The Morgan fingerprint density at radius 2 is 2.06 bits per heavy atom. The number of amides is 1. The fourth-order valence-corrected chi connectivity index (χ4v) is 1.75. The maximum atomic E-state index is 11.1. The van der Waals surface area contributed by atoms with Crippen LogP contribution in [0.25, 0.3) is 0 Å². The number of aryl methyl sites for hydroxylation is 1. The highest BCUT2D eigenvalue weighted by atomic mass is 16.5. The van der Waals surface area contributed by atoms with Gasteiger partial charge in [-0.15, -0.1) is 0 Å². The van der Waals surface area contributed by atoms with E-state index < -0.39 is 0 Å². The SMILES string of the molecule is COc1ccc(CCC(=O)NN)c(OC)c1C. The molecule has 0 saturated heterocycles. The van der Waals surface area contributed by atoms with E-state index in [2.05, 4.69) is 5.43 Å². The van der Waals surface area contributed by atoms with E-state index in [9.17, 15) is 4.79 Å². The van der Waals surface area contributed by atoms with Crippen LogP contribution in [0.5, 0.6) is 11.5 Å². The lowest BCUT2D eigenvalue weighted by Gasteiger charge is -2.14. The summed E-state index contributed by atoms with van der Waals surface area (Å²) in [5.74, 6) is 6.37. The molecule has 0 aliphatic heterocycles. The van der Waals surface area contributed by atoms with Gasteiger partial charge in [0, 0.05) is 12.0 Å². The van der Waals surface area contributed by atoms with Crippen LogP contribution in [0.2, 0.25) is 0 Å². The van der Waals surface area contributed by atoms with Crippen LogP contribution in [0.1, 0.15) is 17.5 Å². The molecule has 17 heavy (non-hydrogen) atoms. The summed E-state index contributed by atoms with van der Waals surface area (Å²) in [6.07, 6.45) is 0.912. The summed E-state index contributed by atoms with van der Waals surface area (Å²) in [4.78, 5) is 11.1. The normalized spacial score (nSPS) is 9.88. The standard InChI is InChI=1S/C12H18N2O3/c1-8-10(16-2)6-4-9(12(8)17-3)5-7-11(15)14-13/h4,6H,5,7,13H2,1-3H3,(H,14,15). The molecule has 0 heterocycles. The van der Waals surface area contributed by atoms with Crippen molar-refractivity contribution < 1.29 is 14.3 Å². The van der Waals surface area contributed by atoms with Crippen molar-refractivity contribution in [2.45, 2.75) is 19.8 Å². The minimum absolute atomic E-state index is 0.194. The number of nitrogens with two attached hydrogens (primary N) is 1. The van der Waals surface area contributed by atoms with Crippen LogP contribution in [0.15, 0.2) is 12.1 Å². The van der Waals surface area contributed by atoms with Crippen molar-refractivity contribution in [1.29, 1.82) is 0 Å². The Morgan fingerprint density at radius 1 is 1.35 bits per heavy atom. The van der Waals surface area contributed by atoms with Gasteiger partial charge in [0.25, 0.3) is 0 Å². The van der Waals surface area contributed by atoms with Crippen LogP contribution in [-0.4, -0.2) is 20.1 Å². The second kappa shape index (κ2) is 6.10. The highest BCUT2D eigenvalue weighted by molar-refractivity contribution is 5.75. The van der Waals surface area contributed by atoms with Gasteiger partial charge >= 0.3 is 0 Å². The lowest BCUT2D eigenvalue weighted by atomic mass is 10.0. The molecule has 0 bridgehead atoms. The van der Waals surface area contributed by atoms with Crippen LogP contribution >= 0.6 is 0 Å². The van der Waals surface area contributed by atoms with E-state index in [1.165, 1.54) is 0 Å². The lowest BCUT2D eigenvalue weighted by Crippen LogP contribution is -2.30. The molecule has 1 aromatic rings. The molecule has 1 rings (SSSR count). The molecule has 0 saturated carbocycles. The number of benzene rings is 1. The first-order chi connectivity index (χ1) is 8.13. The fourth-order valence-electron chi connectivity index (χ4n) is 1.75. The van der Waals surface area contributed by atoms with Crippen molar-refractivity contribution in [2.75, 3.05) is 14.2 Å². The fraction of sp³-hybridized carbons (Fsp3) is 0.417. The Kier molecular flexibility index (Phi) is 4.78. The van der Waals surface area contributed by atoms with Gasteiger partial charge in [-0.1, -0.05) is 6.07 Å². The van der Waals surface area contributed by atoms with E-state index in [4.69, 9.17) is 15.3 Å². The number of carbonyl (C=O) groups is 1. The summed E-state index contributed by atoms with van der Waals surface area (Å²) >= 11 is 0. The number of carbonyl (C=O) groups excluding carboxylic acids is 1. The number of ether oxygens (including phenoxy) is 2. The zero-order chi connectivity index (χ0) is 12.8. The van der Waals surface area contributed by atoms with Crippen molar-refractivity contribution in [1.82, 2.24) is 5.43 Å². The molecule has 0 aromatic heterocycles. The van der Waals surface area contributed by atoms with E-state index in [0.29, 0.717) is 12.8 Å². The Morgan fingerprint density at radius 3 is 2.59 bits per heavy atom. The molecule has 0 unspecified atom stereocenters.